The van der Waals surface area contributed by atoms with Crippen LogP contribution in [0.15, 0.2) is 0 Å². The van der Waals surface area contributed by atoms with Crippen molar-refractivity contribution in [3.63, 3.8) is 0 Å². The number of fused-ring (bicyclic) bond motifs is 1. The number of hydrogen-bond acceptors (Lipinski definition) is 0. The van der Waals surface area contributed by atoms with Gasteiger partial charge in [-0.2, -0.15) is 0 Å². The molecule has 0 aromatic heterocycles. The first-order valence-corrected chi connectivity index (χ1v) is 9.45. The molecule has 0 heterocycles. The van der Waals surface area contributed by atoms with E-state index < -0.39 is 0 Å². The molecule has 0 amide bonds. The van der Waals surface area contributed by atoms with Crippen molar-refractivity contribution in [2.45, 2.75) is 65.7 Å². The minimum absolute atomic E-state index is 0.781. The molecule has 0 heteroatoms. The molecule has 0 N–H and O–H groups in total. The molecule has 0 aliphatic heterocycles. The molecule has 10 aliphatic rings. The van der Waals surface area contributed by atoms with Gasteiger partial charge in [0, 0.05) is 0 Å². The largest absolute Gasteiger partial charge is 0.0585 e. The van der Waals surface area contributed by atoms with E-state index in [2.05, 4.69) is 20.8 Å². The maximum Gasteiger partial charge on any atom is -0.00744 e. The second-order valence-electron chi connectivity index (χ2n) is 11.2. The molecule has 0 saturated heterocycles. The average molecular weight is 266 g/mol. The van der Waals surface area contributed by atoms with Gasteiger partial charge in [-0.15, -0.1) is 0 Å². The van der Waals surface area contributed by atoms with Gasteiger partial charge in [0.25, 0.3) is 0 Å². The van der Waals surface area contributed by atoms with E-state index in [9.17, 15) is 0 Å². The van der Waals surface area contributed by atoms with Crippen molar-refractivity contribution >= 4 is 0 Å². The van der Waals surface area contributed by atoms with Crippen LogP contribution < -0.4 is 0 Å². The summed E-state index contributed by atoms with van der Waals surface area (Å²) in [5, 5.41) is 0. The van der Waals surface area contributed by atoms with E-state index in [0.29, 0.717) is 0 Å². The van der Waals surface area contributed by atoms with Crippen molar-refractivity contribution < 1.29 is 0 Å². The first kappa shape index (κ1) is 9.90. The zero-order valence-corrected chi connectivity index (χ0v) is 13.2. The Hall–Kier alpha value is 0. The summed E-state index contributed by atoms with van der Waals surface area (Å²) in [5.74, 6) is 3.52. The number of rotatable bonds is 0. The van der Waals surface area contributed by atoms with Gasteiger partial charge in [-0.25, -0.2) is 0 Å². The van der Waals surface area contributed by atoms with Crippen molar-refractivity contribution in [1.29, 1.82) is 0 Å². The van der Waals surface area contributed by atoms with Gasteiger partial charge in [-0.1, -0.05) is 20.8 Å². The van der Waals surface area contributed by atoms with Crippen LogP contribution in [0, 0.1) is 55.7 Å². The van der Waals surface area contributed by atoms with Gasteiger partial charge in [-0.3, -0.25) is 0 Å². The topological polar surface area (TPSA) is 0 Å². The molecule has 10 aliphatic carbocycles. The van der Waals surface area contributed by atoms with Crippen molar-refractivity contribution in [2.75, 3.05) is 0 Å². The lowest BCUT2D eigenvalue weighted by molar-refractivity contribution is -0.653. The van der Waals surface area contributed by atoms with E-state index in [1.54, 1.807) is 44.9 Å². The second-order valence-corrected chi connectivity index (χ2v) is 11.2. The molecule has 3 spiro atoms. The van der Waals surface area contributed by atoms with Crippen LogP contribution in [0.3, 0.4) is 0 Å². The van der Waals surface area contributed by atoms with Crippen molar-refractivity contribution in [3.05, 3.63) is 0 Å². The van der Waals surface area contributed by atoms with Crippen LogP contribution in [0.25, 0.3) is 0 Å². The Kier molecular flexibility index (Phi) is 0.906. The van der Waals surface area contributed by atoms with Crippen LogP contribution in [-0.2, 0) is 0 Å². The van der Waals surface area contributed by atoms with Crippen LogP contribution in [0.4, 0.5) is 0 Å². The molecule has 0 aromatic carbocycles. The summed E-state index contributed by atoms with van der Waals surface area (Å²) in [4.78, 5) is 0. The third-order valence-electron chi connectivity index (χ3n) is 13.2. The Morgan fingerprint density at radius 3 is 2.50 bits per heavy atom. The van der Waals surface area contributed by atoms with Crippen LogP contribution in [0.1, 0.15) is 65.7 Å². The van der Waals surface area contributed by atoms with Gasteiger partial charge >= 0.3 is 0 Å². The highest BCUT2D eigenvalue weighted by Crippen LogP contribution is 3.21. The van der Waals surface area contributed by atoms with Gasteiger partial charge in [0.15, 0.2) is 0 Å². The SMILES string of the molecule is CC12CC3CC45CCC16CCC1C(C4)C54C1(C)C6(C)C324. The summed E-state index contributed by atoms with van der Waals surface area (Å²) in [6.07, 6.45) is 11.5. The Morgan fingerprint density at radius 1 is 0.800 bits per heavy atom. The van der Waals surface area contributed by atoms with Crippen molar-refractivity contribution in [1.82, 2.24) is 0 Å². The molecular weight excluding hydrogens is 240 g/mol. The molecule has 0 radical (unpaired) electrons. The molecular formula is C20H26. The molecule has 10 unspecified atom stereocenters. The fraction of sp³-hybridized carbons (Fsp3) is 1.00. The summed E-state index contributed by atoms with van der Waals surface area (Å²) >= 11 is 0. The molecule has 0 aromatic rings. The van der Waals surface area contributed by atoms with Crippen molar-refractivity contribution in [3.8, 4) is 0 Å². The lowest BCUT2D eigenvalue weighted by Gasteiger charge is -3.11. The fourth-order valence-electron chi connectivity index (χ4n) is 14.2. The summed E-state index contributed by atoms with van der Waals surface area (Å²) < 4.78 is 0. The highest BCUT2D eigenvalue weighted by molar-refractivity contribution is 5.63. The summed E-state index contributed by atoms with van der Waals surface area (Å²) in [6.45, 7) is 8.43. The number of hydrogen-bond donors (Lipinski definition) is 0. The fourth-order valence-corrected chi connectivity index (χ4v) is 14.2. The van der Waals surface area contributed by atoms with E-state index in [1.807, 2.05) is 0 Å². The third kappa shape index (κ3) is 0.350. The van der Waals surface area contributed by atoms with Gasteiger partial charge in [0.1, 0.15) is 0 Å². The first-order chi connectivity index (χ1) is 9.45. The highest BCUT2D eigenvalue weighted by Gasteiger charge is 3.17. The van der Waals surface area contributed by atoms with E-state index in [1.165, 1.54) is 11.8 Å². The van der Waals surface area contributed by atoms with Crippen LogP contribution in [0.2, 0.25) is 0 Å². The molecule has 10 fully saturated rings. The molecule has 20 heavy (non-hydrogen) atoms. The van der Waals surface area contributed by atoms with Gasteiger partial charge in [-0.05, 0) is 101 Å². The van der Waals surface area contributed by atoms with Gasteiger partial charge < -0.3 is 0 Å². The Balaban J connectivity index is 1.63. The van der Waals surface area contributed by atoms with E-state index in [0.717, 1.165) is 43.8 Å². The Morgan fingerprint density at radius 2 is 1.65 bits per heavy atom. The zero-order chi connectivity index (χ0) is 13.2. The van der Waals surface area contributed by atoms with E-state index >= 15 is 0 Å². The van der Waals surface area contributed by atoms with E-state index in [-0.39, 0.29) is 0 Å². The summed E-state index contributed by atoms with van der Waals surface area (Å²) in [5.41, 5.74) is 5.80. The summed E-state index contributed by atoms with van der Waals surface area (Å²) in [7, 11) is 0. The second kappa shape index (κ2) is 1.83. The lowest BCUT2D eigenvalue weighted by Crippen LogP contribution is -3.08. The Bertz CT molecular complexity index is 680. The molecule has 10 saturated carbocycles. The van der Waals surface area contributed by atoms with E-state index in [4.69, 9.17) is 0 Å². The molecule has 106 valence electrons. The maximum atomic E-state index is 2.83. The molecule has 10 atom stereocenters. The third-order valence-corrected chi connectivity index (χ3v) is 13.2. The van der Waals surface area contributed by atoms with Gasteiger partial charge in [0.05, 0.1) is 0 Å². The molecule has 10 rings (SSSR count). The predicted molar refractivity (Wildman–Crippen MR) is 76.8 cm³/mol. The predicted octanol–water partition coefficient (Wildman–Crippen LogP) is 4.64. The van der Waals surface area contributed by atoms with Gasteiger partial charge in [0.2, 0.25) is 0 Å². The minimum atomic E-state index is 0.781. The van der Waals surface area contributed by atoms with Crippen molar-refractivity contribution in [2.24, 2.45) is 55.7 Å². The Labute approximate surface area is 122 Å². The molecule has 6 bridgehead atoms. The lowest BCUT2D eigenvalue weighted by atomic mass is 8.92. The quantitative estimate of drug-likeness (QED) is 0.599. The molecule has 0 nitrogen and oxygen atoms in total. The standard InChI is InChI=1S/C20H26/c1-14-8-11-9-17-6-7-18(14)5-4-12-13(10-17)20(17)15(12,2)16(18,3)19(11,14)20/h11-13H,4-10H2,1-3H3. The first-order valence-electron chi connectivity index (χ1n) is 9.45. The average Bonchev–Trinajstić information content (AvgIpc) is 2.57. The normalized spacial score (nSPS) is 92.2. The maximum absolute atomic E-state index is 2.83. The van der Waals surface area contributed by atoms with Crippen LogP contribution >= 0.6 is 0 Å². The summed E-state index contributed by atoms with van der Waals surface area (Å²) in [6, 6.07) is 0. The van der Waals surface area contributed by atoms with Crippen LogP contribution in [0.5, 0.6) is 0 Å². The highest BCUT2D eigenvalue weighted by atomic mass is 15.2. The monoisotopic (exact) mass is 266 g/mol. The van der Waals surface area contributed by atoms with Crippen LogP contribution in [-0.4, -0.2) is 0 Å². The smallest absolute Gasteiger partial charge is 0.00744 e. The minimum Gasteiger partial charge on any atom is -0.0585 e. The zero-order valence-electron chi connectivity index (χ0n) is 13.2.